The van der Waals surface area contributed by atoms with Gasteiger partial charge in [0.25, 0.3) is 0 Å². The molecule has 0 spiro atoms. The number of carbonyl (C=O) groups excluding carboxylic acids is 1. The maximum absolute atomic E-state index is 14.7. The second-order valence-electron chi connectivity index (χ2n) is 12.1. The molecule has 1 fully saturated rings. The number of carbonyl (C=O) groups is 1. The maximum atomic E-state index is 14.7. The number of nitrogens with one attached hydrogen (secondary N) is 1. The van der Waals surface area contributed by atoms with Crippen LogP contribution in [-0.2, 0) is 4.74 Å². The molecule has 2 aromatic rings. The number of ether oxygens (including phenoxy) is 1. The molecule has 3 rings (SSSR count). The number of benzene rings is 1. The van der Waals surface area contributed by atoms with Crippen LogP contribution in [0.2, 0.25) is 5.02 Å². The largest absolute Gasteiger partial charge is 0.444 e. The highest BCUT2D eigenvalue weighted by molar-refractivity contribution is 6.33. The molecule has 10 heteroatoms. The van der Waals surface area contributed by atoms with Crippen LogP contribution in [-0.4, -0.2) is 64.0 Å². The molecule has 1 aromatic heterocycles. The normalized spacial score (nSPS) is 18.5. The van der Waals surface area contributed by atoms with Crippen molar-refractivity contribution in [3.63, 3.8) is 0 Å². The number of aliphatic imine (C=N–C) groups is 1. The molecule has 0 unspecified atom stereocenters. The average Bonchev–Trinajstić information content (AvgIpc) is 2.82. The first-order chi connectivity index (χ1) is 18.1. The molecule has 2 heterocycles. The second kappa shape index (κ2) is 11.8. The van der Waals surface area contributed by atoms with Gasteiger partial charge in [-0.05, 0) is 58.2 Å². The first-order valence-corrected chi connectivity index (χ1v) is 13.4. The van der Waals surface area contributed by atoms with E-state index in [0.29, 0.717) is 42.5 Å². The summed E-state index contributed by atoms with van der Waals surface area (Å²) in [6, 6.07) is 7.59. The lowest BCUT2D eigenvalue weighted by Gasteiger charge is -2.45. The van der Waals surface area contributed by atoms with E-state index in [1.807, 2.05) is 45.7 Å². The van der Waals surface area contributed by atoms with Crippen molar-refractivity contribution in [3.05, 3.63) is 46.7 Å². The summed E-state index contributed by atoms with van der Waals surface area (Å²) in [7, 11) is 0. The second-order valence-corrected chi connectivity index (χ2v) is 12.5. The van der Waals surface area contributed by atoms with Crippen LogP contribution < -0.4 is 5.32 Å². The zero-order valence-corrected chi connectivity index (χ0v) is 24.7. The van der Waals surface area contributed by atoms with Gasteiger partial charge in [-0.1, -0.05) is 44.5 Å². The van der Waals surface area contributed by atoms with Crippen molar-refractivity contribution < 1.29 is 13.9 Å². The van der Waals surface area contributed by atoms with E-state index in [2.05, 4.69) is 31.1 Å². The van der Waals surface area contributed by atoms with Crippen molar-refractivity contribution >= 4 is 29.3 Å². The lowest BCUT2D eigenvalue weighted by molar-refractivity contribution is 0.000510. The summed E-state index contributed by atoms with van der Waals surface area (Å²) in [4.78, 5) is 25.5. The topological polar surface area (TPSA) is 93.9 Å². The number of hydrogen-bond donors (Lipinski definition) is 1. The van der Waals surface area contributed by atoms with Gasteiger partial charge in [-0.3, -0.25) is 0 Å². The minimum absolute atomic E-state index is 0.0931. The predicted octanol–water partition coefficient (Wildman–Crippen LogP) is 6.56. The van der Waals surface area contributed by atoms with Crippen LogP contribution in [0.3, 0.4) is 0 Å². The fourth-order valence-corrected chi connectivity index (χ4v) is 4.56. The van der Waals surface area contributed by atoms with Gasteiger partial charge in [0.15, 0.2) is 5.84 Å². The van der Waals surface area contributed by atoms with Crippen molar-refractivity contribution in [1.82, 2.24) is 14.8 Å². The van der Waals surface area contributed by atoms with Crippen LogP contribution in [0.4, 0.5) is 15.0 Å². The van der Waals surface area contributed by atoms with E-state index in [0.717, 1.165) is 0 Å². The quantitative estimate of drug-likeness (QED) is 0.260. The third kappa shape index (κ3) is 7.60. The third-order valence-corrected chi connectivity index (χ3v) is 6.46. The van der Waals surface area contributed by atoms with Gasteiger partial charge in [0, 0.05) is 37.3 Å². The highest BCUT2D eigenvalue weighted by atomic mass is 35.5. The van der Waals surface area contributed by atoms with Crippen molar-refractivity contribution in [2.75, 3.05) is 25.0 Å². The zero-order chi connectivity index (χ0) is 29.1. The SMILES string of the molecule is C[C@@H]1CN(/C(=N\C#N)c2cc(Cl)c(-c3ccccc3F)nc2NCC(C)(C)C)[C@@H](C)CN1C(=O)OC(C)(C)C. The number of nitriles is 1. The number of amidine groups is 1. The standard InChI is InChI=1S/C29H38ClFN6O2/c1-18-15-37(27(38)39-29(6,7)8)19(2)14-36(18)26(34-17-32)21-13-22(30)24(20-11-9-10-12-23(20)31)35-25(21)33-16-28(3,4)5/h9-13,18-19H,14-16H2,1-8H3,(H,33,35)/b34-26-/t18-,19+/m0/s1. The molecule has 1 aliphatic heterocycles. The number of hydrogen-bond acceptors (Lipinski definition) is 6. The Morgan fingerprint density at radius 2 is 1.79 bits per heavy atom. The Balaban J connectivity index is 2.06. The lowest BCUT2D eigenvalue weighted by Crippen LogP contribution is -2.60. The first-order valence-electron chi connectivity index (χ1n) is 13.0. The molecule has 210 valence electrons. The molecule has 2 atom stereocenters. The molecule has 1 aliphatic rings. The van der Waals surface area contributed by atoms with Crippen molar-refractivity contribution in [3.8, 4) is 17.5 Å². The lowest BCUT2D eigenvalue weighted by atomic mass is 9.97. The van der Waals surface area contributed by atoms with Crippen molar-refractivity contribution in [1.29, 1.82) is 5.26 Å². The fraction of sp³-hybridized carbons (Fsp3) is 0.517. The molecular weight excluding hydrogens is 519 g/mol. The van der Waals surface area contributed by atoms with Gasteiger partial charge in [0.2, 0.25) is 6.19 Å². The molecular formula is C29H38ClFN6O2. The van der Waals surface area contributed by atoms with Gasteiger partial charge in [0.05, 0.1) is 16.3 Å². The Labute approximate surface area is 235 Å². The molecule has 39 heavy (non-hydrogen) atoms. The van der Waals surface area contributed by atoms with E-state index in [1.165, 1.54) is 6.07 Å². The van der Waals surface area contributed by atoms with Crippen LogP contribution in [0.1, 0.15) is 61.0 Å². The zero-order valence-electron chi connectivity index (χ0n) is 24.0. The summed E-state index contributed by atoms with van der Waals surface area (Å²) in [5.74, 6) is 0.385. The number of piperazine rings is 1. The highest BCUT2D eigenvalue weighted by Gasteiger charge is 2.37. The van der Waals surface area contributed by atoms with Crippen LogP contribution in [0.5, 0.6) is 0 Å². The Bertz CT molecular complexity index is 1280. The Hall–Kier alpha value is -3.38. The van der Waals surface area contributed by atoms with E-state index in [-0.39, 0.29) is 34.2 Å². The summed E-state index contributed by atoms with van der Waals surface area (Å²) in [5, 5.41) is 13.3. The van der Waals surface area contributed by atoms with Gasteiger partial charge in [-0.2, -0.15) is 10.3 Å². The monoisotopic (exact) mass is 556 g/mol. The molecule has 0 bridgehead atoms. The first kappa shape index (κ1) is 30.2. The van der Waals surface area contributed by atoms with Gasteiger partial charge in [-0.25, -0.2) is 14.2 Å². The van der Waals surface area contributed by atoms with Gasteiger partial charge >= 0.3 is 6.09 Å². The van der Waals surface area contributed by atoms with E-state index in [4.69, 9.17) is 21.3 Å². The highest BCUT2D eigenvalue weighted by Crippen LogP contribution is 2.34. The minimum atomic E-state index is -0.610. The number of rotatable bonds is 4. The number of amides is 1. The summed E-state index contributed by atoms with van der Waals surface area (Å²) in [6.45, 7) is 17.0. The number of anilines is 1. The molecule has 0 radical (unpaired) electrons. The summed E-state index contributed by atoms with van der Waals surface area (Å²) < 4.78 is 20.3. The summed E-state index contributed by atoms with van der Waals surface area (Å²) in [5.41, 5.74) is 0.391. The molecule has 0 saturated carbocycles. The van der Waals surface area contributed by atoms with Crippen molar-refractivity contribution in [2.45, 2.75) is 73.1 Å². The van der Waals surface area contributed by atoms with Gasteiger partial charge < -0.3 is 19.9 Å². The molecule has 1 N–H and O–H groups in total. The van der Waals surface area contributed by atoms with Crippen LogP contribution in [0, 0.1) is 22.7 Å². The van der Waals surface area contributed by atoms with E-state index in [1.54, 1.807) is 29.2 Å². The minimum Gasteiger partial charge on any atom is -0.444 e. The van der Waals surface area contributed by atoms with Gasteiger partial charge in [0.1, 0.15) is 17.2 Å². The van der Waals surface area contributed by atoms with E-state index < -0.39 is 11.4 Å². The maximum Gasteiger partial charge on any atom is 0.410 e. The van der Waals surface area contributed by atoms with Crippen molar-refractivity contribution in [2.24, 2.45) is 10.4 Å². The predicted molar refractivity (Wildman–Crippen MR) is 153 cm³/mol. The molecule has 0 aliphatic carbocycles. The van der Waals surface area contributed by atoms with Gasteiger partial charge in [-0.15, -0.1) is 0 Å². The molecule has 1 aromatic carbocycles. The molecule has 1 amide bonds. The third-order valence-electron chi connectivity index (χ3n) is 6.17. The van der Waals surface area contributed by atoms with Crippen LogP contribution in [0.25, 0.3) is 11.3 Å². The molecule has 8 nitrogen and oxygen atoms in total. The summed E-state index contributed by atoms with van der Waals surface area (Å²) in [6.07, 6.45) is 1.54. The van der Waals surface area contributed by atoms with Crippen LogP contribution in [0.15, 0.2) is 35.3 Å². The Kier molecular flexibility index (Phi) is 9.12. The van der Waals surface area contributed by atoms with E-state index in [9.17, 15) is 14.4 Å². The average molecular weight is 557 g/mol. The smallest absolute Gasteiger partial charge is 0.410 e. The number of aromatic nitrogens is 1. The number of nitrogens with zero attached hydrogens (tertiary/aromatic N) is 5. The van der Waals surface area contributed by atoms with Crippen LogP contribution >= 0.6 is 11.6 Å². The number of pyridine rings is 1. The Morgan fingerprint density at radius 1 is 1.18 bits per heavy atom. The summed E-state index contributed by atoms with van der Waals surface area (Å²) >= 11 is 6.69. The molecule has 1 saturated heterocycles. The number of halogens is 2. The van der Waals surface area contributed by atoms with E-state index >= 15 is 0 Å². The Morgan fingerprint density at radius 3 is 2.38 bits per heavy atom. The fourth-order valence-electron chi connectivity index (χ4n) is 4.31.